The Labute approximate surface area is 179 Å². The summed E-state index contributed by atoms with van der Waals surface area (Å²) >= 11 is 1.42. The van der Waals surface area contributed by atoms with Gasteiger partial charge in [-0.3, -0.25) is 4.79 Å². The van der Waals surface area contributed by atoms with Crippen LogP contribution in [0.25, 0.3) is 17.0 Å². The van der Waals surface area contributed by atoms with E-state index in [4.69, 9.17) is 9.47 Å². The molecule has 1 amide bonds. The number of aromatic nitrogens is 4. The van der Waals surface area contributed by atoms with Gasteiger partial charge in [0.1, 0.15) is 10.8 Å². The van der Waals surface area contributed by atoms with Crippen molar-refractivity contribution in [3.8, 4) is 17.1 Å². The summed E-state index contributed by atoms with van der Waals surface area (Å²) in [5.41, 5.74) is 1.55. The van der Waals surface area contributed by atoms with Crippen LogP contribution in [0.5, 0.6) is 5.75 Å². The molecule has 1 aromatic carbocycles. The number of thioether (sulfide) groups is 1. The summed E-state index contributed by atoms with van der Waals surface area (Å²) in [7, 11) is 0. The fourth-order valence-electron chi connectivity index (χ4n) is 3.50. The van der Waals surface area contributed by atoms with Gasteiger partial charge in [-0.1, -0.05) is 11.8 Å². The zero-order chi connectivity index (χ0) is 21.1. The summed E-state index contributed by atoms with van der Waals surface area (Å²) in [6.07, 6.45) is 0.122. The molecule has 0 N–H and O–H groups in total. The fraction of sp³-hybridized carbons (Fsp3) is 0.429. The molecule has 30 heavy (non-hydrogen) atoms. The standard InChI is InChI=1S/C21H25N5O3S/c1-4-28-17-7-5-16(6-8-17)21-23-22-18-9-10-19(24-26(18)21)30-13-20(27)25-11-14(2)29-15(3)12-25/h5-10,14-15H,4,11-13H2,1-3H3. The molecule has 1 aliphatic heterocycles. The fourth-order valence-corrected chi connectivity index (χ4v) is 4.26. The molecule has 0 bridgehead atoms. The van der Waals surface area contributed by atoms with Gasteiger partial charge in [0.2, 0.25) is 5.91 Å². The smallest absolute Gasteiger partial charge is 0.233 e. The summed E-state index contributed by atoms with van der Waals surface area (Å²) in [6.45, 7) is 7.82. The number of carbonyl (C=O) groups is 1. The number of amides is 1. The number of nitrogens with zero attached hydrogens (tertiary/aromatic N) is 5. The molecule has 1 fully saturated rings. The van der Waals surface area contributed by atoms with Gasteiger partial charge in [0.05, 0.1) is 24.6 Å². The van der Waals surface area contributed by atoms with Crippen molar-refractivity contribution in [2.75, 3.05) is 25.4 Å². The highest BCUT2D eigenvalue weighted by molar-refractivity contribution is 7.99. The number of ether oxygens (including phenoxy) is 2. The largest absolute Gasteiger partial charge is 0.494 e. The van der Waals surface area contributed by atoms with Crippen LogP contribution in [0.2, 0.25) is 0 Å². The molecule has 1 saturated heterocycles. The lowest BCUT2D eigenvalue weighted by Crippen LogP contribution is -2.48. The van der Waals surface area contributed by atoms with Gasteiger partial charge in [-0.05, 0) is 57.2 Å². The molecule has 0 radical (unpaired) electrons. The van der Waals surface area contributed by atoms with Gasteiger partial charge in [0, 0.05) is 18.7 Å². The molecule has 9 heteroatoms. The summed E-state index contributed by atoms with van der Waals surface area (Å²) < 4.78 is 12.9. The first-order chi connectivity index (χ1) is 14.5. The second-order valence-electron chi connectivity index (χ2n) is 7.27. The van der Waals surface area contributed by atoms with Crippen LogP contribution in [-0.4, -0.2) is 68.3 Å². The topological polar surface area (TPSA) is 81.9 Å². The van der Waals surface area contributed by atoms with E-state index in [1.807, 2.05) is 62.1 Å². The zero-order valence-corrected chi connectivity index (χ0v) is 18.1. The van der Waals surface area contributed by atoms with Gasteiger partial charge >= 0.3 is 0 Å². The lowest BCUT2D eigenvalue weighted by molar-refractivity contribution is -0.140. The molecule has 2 aromatic heterocycles. The predicted octanol–water partition coefficient (Wildman–Crippen LogP) is 2.92. The third-order valence-corrected chi connectivity index (χ3v) is 5.68. The second kappa shape index (κ2) is 9.01. The van der Waals surface area contributed by atoms with Crippen LogP contribution in [-0.2, 0) is 9.53 Å². The van der Waals surface area contributed by atoms with Crippen LogP contribution in [0.4, 0.5) is 0 Å². The quantitative estimate of drug-likeness (QED) is 0.560. The normalized spacial score (nSPS) is 19.2. The lowest BCUT2D eigenvalue weighted by Gasteiger charge is -2.35. The van der Waals surface area contributed by atoms with Crippen LogP contribution in [0.15, 0.2) is 41.4 Å². The third kappa shape index (κ3) is 4.57. The molecular formula is C21H25N5O3S. The van der Waals surface area contributed by atoms with Crippen molar-refractivity contribution in [2.45, 2.75) is 38.0 Å². The minimum atomic E-state index is 0.0610. The van der Waals surface area contributed by atoms with Crippen LogP contribution < -0.4 is 4.74 Å². The van der Waals surface area contributed by atoms with E-state index in [0.29, 0.717) is 36.9 Å². The van der Waals surface area contributed by atoms with Crippen LogP contribution in [0.3, 0.4) is 0 Å². The van der Waals surface area contributed by atoms with E-state index in [9.17, 15) is 4.79 Å². The SMILES string of the molecule is CCOc1ccc(-c2nnc3ccc(SCC(=O)N4CC(C)OC(C)C4)nn23)cc1. The summed E-state index contributed by atoms with van der Waals surface area (Å²) in [6, 6.07) is 11.4. The molecule has 2 atom stereocenters. The van der Waals surface area contributed by atoms with Crippen LogP contribution >= 0.6 is 11.8 Å². The van der Waals surface area contributed by atoms with E-state index < -0.39 is 0 Å². The molecular weight excluding hydrogens is 402 g/mol. The predicted molar refractivity (Wildman–Crippen MR) is 115 cm³/mol. The summed E-state index contributed by atoms with van der Waals surface area (Å²) in [4.78, 5) is 14.5. The van der Waals surface area contributed by atoms with Crippen molar-refractivity contribution >= 4 is 23.3 Å². The van der Waals surface area contributed by atoms with E-state index >= 15 is 0 Å². The van der Waals surface area contributed by atoms with E-state index in [2.05, 4.69) is 15.3 Å². The molecule has 158 valence electrons. The Balaban J connectivity index is 1.48. The highest BCUT2D eigenvalue weighted by Crippen LogP contribution is 2.23. The maximum Gasteiger partial charge on any atom is 0.233 e. The lowest BCUT2D eigenvalue weighted by atomic mass is 10.2. The van der Waals surface area contributed by atoms with E-state index in [1.54, 1.807) is 4.52 Å². The third-order valence-electron chi connectivity index (χ3n) is 4.78. The number of hydrogen-bond acceptors (Lipinski definition) is 7. The van der Waals surface area contributed by atoms with Crippen LogP contribution in [0, 0.1) is 0 Å². The molecule has 0 aliphatic carbocycles. The van der Waals surface area contributed by atoms with Gasteiger partial charge in [-0.25, -0.2) is 0 Å². The number of rotatable bonds is 6. The Hall–Kier alpha value is -2.65. The average Bonchev–Trinajstić information content (AvgIpc) is 3.15. The van der Waals surface area contributed by atoms with Crippen molar-refractivity contribution in [2.24, 2.45) is 0 Å². The van der Waals surface area contributed by atoms with Crippen LogP contribution in [0.1, 0.15) is 20.8 Å². The molecule has 2 unspecified atom stereocenters. The maximum atomic E-state index is 12.6. The minimum Gasteiger partial charge on any atom is -0.494 e. The number of carbonyl (C=O) groups excluding carboxylic acids is 1. The Kier molecular flexibility index (Phi) is 6.19. The summed E-state index contributed by atoms with van der Waals surface area (Å²) in [5, 5.41) is 13.9. The first-order valence-corrected chi connectivity index (χ1v) is 11.0. The molecule has 0 saturated carbocycles. The molecule has 1 aliphatic rings. The van der Waals surface area contributed by atoms with Gasteiger partial charge in [0.15, 0.2) is 11.5 Å². The van der Waals surface area contributed by atoms with E-state index in [-0.39, 0.29) is 18.1 Å². The Bertz CT molecular complexity index is 1010. The number of fused-ring (bicyclic) bond motifs is 1. The maximum absolute atomic E-state index is 12.6. The molecule has 0 spiro atoms. The monoisotopic (exact) mass is 427 g/mol. The average molecular weight is 428 g/mol. The number of benzene rings is 1. The summed E-state index contributed by atoms with van der Waals surface area (Å²) in [5.74, 6) is 1.89. The molecule has 8 nitrogen and oxygen atoms in total. The van der Waals surface area contributed by atoms with Crippen molar-refractivity contribution in [1.82, 2.24) is 24.7 Å². The Morgan fingerprint density at radius 1 is 1.13 bits per heavy atom. The number of morpholine rings is 1. The van der Waals surface area contributed by atoms with Crippen molar-refractivity contribution < 1.29 is 14.3 Å². The van der Waals surface area contributed by atoms with E-state index in [1.165, 1.54) is 11.8 Å². The minimum absolute atomic E-state index is 0.0610. The second-order valence-corrected chi connectivity index (χ2v) is 8.26. The highest BCUT2D eigenvalue weighted by Gasteiger charge is 2.25. The van der Waals surface area contributed by atoms with Crippen molar-refractivity contribution in [3.05, 3.63) is 36.4 Å². The number of hydrogen-bond donors (Lipinski definition) is 0. The van der Waals surface area contributed by atoms with Crippen molar-refractivity contribution in [1.29, 1.82) is 0 Å². The molecule has 3 aromatic rings. The highest BCUT2D eigenvalue weighted by atomic mass is 32.2. The van der Waals surface area contributed by atoms with Gasteiger partial charge in [-0.2, -0.15) is 9.61 Å². The van der Waals surface area contributed by atoms with Crippen molar-refractivity contribution in [3.63, 3.8) is 0 Å². The molecule has 3 heterocycles. The first kappa shape index (κ1) is 20.6. The zero-order valence-electron chi connectivity index (χ0n) is 17.3. The van der Waals surface area contributed by atoms with Gasteiger partial charge in [-0.15, -0.1) is 10.2 Å². The first-order valence-electron chi connectivity index (χ1n) is 10.0. The van der Waals surface area contributed by atoms with Gasteiger partial charge in [0.25, 0.3) is 0 Å². The Morgan fingerprint density at radius 2 is 1.87 bits per heavy atom. The van der Waals surface area contributed by atoms with E-state index in [0.717, 1.165) is 16.3 Å². The Morgan fingerprint density at radius 3 is 2.57 bits per heavy atom. The van der Waals surface area contributed by atoms with Gasteiger partial charge < -0.3 is 14.4 Å². The molecule has 4 rings (SSSR count).